The summed E-state index contributed by atoms with van der Waals surface area (Å²) in [5, 5.41) is 19.9. The Labute approximate surface area is 338 Å². The van der Waals surface area contributed by atoms with Crippen molar-refractivity contribution in [2.24, 2.45) is 4.99 Å². The van der Waals surface area contributed by atoms with Crippen LogP contribution in [-0.2, 0) is 0 Å². The van der Waals surface area contributed by atoms with E-state index in [1.165, 1.54) is 43.1 Å². The van der Waals surface area contributed by atoms with E-state index in [-0.39, 0.29) is 5.84 Å². The van der Waals surface area contributed by atoms with Gasteiger partial charge in [-0.15, -0.1) is 0 Å². The first-order valence-corrected chi connectivity index (χ1v) is 19.8. The molecule has 59 heavy (non-hydrogen) atoms. The summed E-state index contributed by atoms with van der Waals surface area (Å²) in [6.45, 7) is 0. The molecule has 12 rings (SSSR count). The highest BCUT2D eigenvalue weighted by Gasteiger charge is 2.22. The predicted molar refractivity (Wildman–Crippen MR) is 244 cm³/mol. The fraction of sp³-hybridized carbons (Fsp3) is 0. The normalized spacial score (nSPS) is 12.2. The number of aromatic nitrogens is 4. The van der Waals surface area contributed by atoms with Crippen LogP contribution < -0.4 is 5.62 Å². The predicted octanol–water partition coefficient (Wildman–Crippen LogP) is 12.7. The lowest BCUT2D eigenvalue weighted by molar-refractivity contribution is 1.05. The lowest BCUT2D eigenvalue weighted by atomic mass is 10.0. The van der Waals surface area contributed by atoms with Crippen LogP contribution in [0.15, 0.2) is 199 Å². The Kier molecular flexibility index (Phi) is 7.28. The van der Waals surface area contributed by atoms with Gasteiger partial charge in [0.15, 0.2) is 5.84 Å². The van der Waals surface area contributed by atoms with Crippen LogP contribution in [0, 0.1) is 5.41 Å². The van der Waals surface area contributed by atoms with Crippen molar-refractivity contribution in [3.05, 3.63) is 205 Å². The number of nitrogens with zero attached hydrogens (tertiary/aromatic N) is 4. The molecule has 6 heteroatoms. The third-order valence-corrected chi connectivity index (χ3v) is 11.7. The second-order valence-corrected chi connectivity index (χ2v) is 15.1. The molecule has 12 aromatic rings. The fourth-order valence-corrected chi connectivity index (χ4v) is 9.06. The van der Waals surface area contributed by atoms with Crippen LogP contribution in [-0.4, -0.2) is 24.9 Å². The number of fused-ring (bicyclic) bond motifs is 10. The van der Waals surface area contributed by atoms with E-state index >= 15 is 0 Å². The van der Waals surface area contributed by atoms with E-state index in [0.29, 0.717) is 11.2 Å². The molecule has 0 atom stereocenters. The largest absolute Gasteiger partial charge is 0.323 e. The molecule has 2 N–H and O–H groups in total. The van der Waals surface area contributed by atoms with Gasteiger partial charge in [0, 0.05) is 49.4 Å². The third kappa shape index (κ3) is 5.24. The zero-order valence-corrected chi connectivity index (χ0v) is 31.8. The van der Waals surface area contributed by atoms with Crippen molar-refractivity contribution in [2.75, 3.05) is 0 Å². The second-order valence-electron chi connectivity index (χ2n) is 15.1. The summed E-state index contributed by atoms with van der Waals surface area (Å²) < 4.78 is 4.78. The highest BCUT2D eigenvalue weighted by atomic mass is 15.0. The molecular formula is C53H34N6. The lowest BCUT2D eigenvalue weighted by Gasteiger charge is -2.11. The quantitative estimate of drug-likeness (QED) is 0.105. The molecule has 0 saturated heterocycles. The second kappa shape index (κ2) is 13.0. The van der Waals surface area contributed by atoms with E-state index in [2.05, 4.69) is 160 Å². The summed E-state index contributed by atoms with van der Waals surface area (Å²) in [4.78, 5) is 13.1. The first kappa shape index (κ1) is 33.1. The smallest absolute Gasteiger partial charge is 0.229 e. The first-order chi connectivity index (χ1) is 29.2. The van der Waals surface area contributed by atoms with Crippen molar-refractivity contribution >= 4 is 81.9 Å². The zero-order chi connectivity index (χ0) is 39.0. The van der Waals surface area contributed by atoms with Crippen molar-refractivity contribution in [3.8, 4) is 22.6 Å². The Bertz CT molecular complexity index is 3740. The molecule has 0 aliphatic carbocycles. The van der Waals surface area contributed by atoms with Gasteiger partial charge in [0.1, 0.15) is 0 Å². The van der Waals surface area contributed by atoms with Gasteiger partial charge in [0.25, 0.3) is 0 Å². The minimum absolute atomic E-state index is 0.121. The van der Waals surface area contributed by atoms with E-state index in [4.69, 9.17) is 9.98 Å². The van der Waals surface area contributed by atoms with Crippen LogP contribution in [0.2, 0.25) is 0 Å². The number of aromatic amines is 1. The summed E-state index contributed by atoms with van der Waals surface area (Å²) in [5.41, 5.74) is 10.4. The molecule has 3 heterocycles. The van der Waals surface area contributed by atoms with Gasteiger partial charge in [-0.05, 0) is 88.3 Å². The molecule has 9 aromatic carbocycles. The monoisotopic (exact) mass is 754 g/mol. The molecule has 276 valence electrons. The summed E-state index contributed by atoms with van der Waals surface area (Å²) in [5.74, 6) is 0.121. The van der Waals surface area contributed by atoms with Gasteiger partial charge in [0.2, 0.25) is 5.62 Å². The van der Waals surface area contributed by atoms with Crippen molar-refractivity contribution in [1.29, 1.82) is 5.41 Å². The van der Waals surface area contributed by atoms with Gasteiger partial charge < -0.3 is 14.1 Å². The summed E-state index contributed by atoms with van der Waals surface area (Å²) in [6, 6.07) is 68.2. The molecule has 0 bridgehead atoms. The lowest BCUT2D eigenvalue weighted by Crippen LogP contribution is -2.17. The van der Waals surface area contributed by atoms with Crippen LogP contribution in [0.4, 0.5) is 0 Å². The number of para-hydroxylation sites is 3. The zero-order valence-electron chi connectivity index (χ0n) is 31.8. The summed E-state index contributed by atoms with van der Waals surface area (Å²) >= 11 is 0. The summed E-state index contributed by atoms with van der Waals surface area (Å²) in [6.07, 6.45) is 0. The number of nitrogens with one attached hydrogen (secondary N) is 2. The molecular weight excluding hydrogens is 721 g/mol. The average molecular weight is 755 g/mol. The number of hydrogen-bond acceptors (Lipinski definition) is 2. The third-order valence-electron chi connectivity index (χ3n) is 11.7. The first-order valence-electron chi connectivity index (χ1n) is 19.8. The average Bonchev–Trinajstić information content (AvgIpc) is 3.80. The standard InChI is InChI=1S/C53H34N6/c54-52(57-53-55-45-24-11-9-23-43(45)50(56-53)33-14-3-1-4-15-33)36-18-13-21-40(30-36)59-46-25-12-10-22-41(46)42-26-27-47-49(51(42)59)44-31-37-28-34-16-7-8-17-35(34)29-38(37)32-48(44)58(47)39-19-5-2-6-20-39/h1-32H,(H2,54,55,56,57). The van der Waals surface area contributed by atoms with Crippen LogP contribution in [0.3, 0.4) is 0 Å². The van der Waals surface area contributed by atoms with E-state index in [1.807, 2.05) is 48.5 Å². The van der Waals surface area contributed by atoms with Crippen molar-refractivity contribution in [2.45, 2.75) is 0 Å². The molecule has 0 aliphatic heterocycles. The van der Waals surface area contributed by atoms with Crippen molar-refractivity contribution in [3.63, 3.8) is 0 Å². The molecule has 0 fully saturated rings. The molecule has 0 spiro atoms. The van der Waals surface area contributed by atoms with Crippen molar-refractivity contribution < 1.29 is 0 Å². The number of H-pyrrole nitrogens is 1. The number of amidine groups is 1. The van der Waals surface area contributed by atoms with Crippen LogP contribution in [0.1, 0.15) is 5.56 Å². The van der Waals surface area contributed by atoms with Gasteiger partial charge in [0.05, 0.1) is 33.3 Å². The SMILES string of the molecule is N=C(N=c1nc(-c2ccccc2)c2ccccc2[nH]1)c1cccc(-n2c3ccccc3c3ccc4c(c5cc6cc7ccccc7cc6cc5n4-c4ccccc4)c32)c1. The molecule has 0 unspecified atom stereocenters. The van der Waals surface area contributed by atoms with E-state index < -0.39 is 0 Å². The number of rotatable bonds is 4. The highest BCUT2D eigenvalue weighted by Crippen LogP contribution is 2.43. The molecule has 0 radical (unpaired) electrons. The van der Waals surface area contributed by atoms with Gasteiger partial charge in [-0.1, -0.05) is 127 Å². The number of hydrogen-bond donors (Lipinski definition) is 2. The van der Waals surface area contributed by atoms with Crippen LogP contribution in [0.25, 0.3) is 98.7 Å². The molecule has 6 nitrogen and oxygen atoms in total. The van der Waals surface area contributed by atoms with Gasteiger partial charge in [-0.3, -0.25) is 5.41 Å². The van der Waals surface area contributed by atoms with E-state index in [9.17, 15) is 5.41 Å². The molecule has 0 aliphatic rings. The Morgan fingerprint density at radius 1 is 0.475 bits per heavy atom. The Morgan fingerprint density at radius 2 is 1.15 bits per heavy atom. The van der Waals surface area contributed by atoms with Gasteiger partial charge >= 0.3 is 0 Å². The molecule has 0 saturated carbocycles. The maximum Gasteiger partial charge on any atom is 0.229 e. The minimum Gasteiger partial charge on any atom is -0.323 e. The van der Waals surface area contributed by atoms with E-state index in [1.54, 1.807) is 0 Å². The fourth-order valence-electron chi connectivity index (χ4n) is 9.06. The Balaban J connectivity index is 1.11. The molecule has 0 amide bonds. The maximum absolute atomic E-state index is 9.33. The van der Waals surface area contributed by atoms with Gasteiger partial charge in [-0.2, -0.15) is 4.99 Å². The summed E-state index contributed by atoms with van der Waals surface area (Å²) in [7, 11) is 0. The van der Waals surface area contributed by atoms with E-state index in [0.717, 1.165) is 55.6 Å². The number of benzene rings is 9. The molecule has 3 aromatic heterocycles. The Hall–Kier alpha value is -8.09. The van der Waals surface area contributed by atoms with Crippen LogP contribution >= 0.6 is 0 Å². The Morgan fingerprint density at radius 3 is 1.97 bits per heavy atom. The topological polar surface area (TPSA) is 74.8 Å². The highest BCUT2D eigenvalue weighted by molar-refractivity contribution is 6.27. The van der Waals surface area contributed by atoms with Gasteiger partial charge in [-0.25, -0.2) is 4.98 Å². The van der Waals surface area contributed by atoms with Crippen LogP contribution in [0.5, 0.6) is 0 Å². The maximum atomic E-state index is 9.33. The minimum atomic E-state index is 0.121. The van der Waals surface area contributed by atoms with Crippen molar-refractivity contribution in [1.82, 2.24) is 19.1 Å².